The van der Waals surface area contributed by atoms with Gasteiger partial charge in [-0.3, -0.25) is 0 Å². The number of benzene rings is 1. The minimum Gasteiger partial charge on any atom is -0.468 e. The minimum atomic E-state index is 0.369. The predicted molar refractivity (Wildman–Crippen MR) is 98.9 cm³/mol. The first-order valence-corrected chi connectivity index (χ1v) is 8.78. The maximum absolute atomic E-state index is 5.40. The van der Waals surface area contributed by atoms with Gasteiger partial charge in [-0.2, -0.15) is 5.10 Å². The van der Waals surface area contributed by atoms with E-state index in [0.29, 0.717) is 12.0 Å². The Labute approximate surface area is 148 Å². The van der Waals surface area contributed by atoms with Crippen LogP contribution < -0.4 is 5.32 Å². The van der Waals surface area contributed by atoms with E-state index in [2.05, 4.69) is 60.3 Å². The number of nitrogens with one attached hydrogen (secondary N) is 1. The van der Waals surface area contributed by atoms with Gasteiger partial charge in [-0.1, -0.05) is 30.4 Å². The van der Waals surface area contributed by atoms with Crippen LogP contribution in [0.3, 0.4) is 0 Å². The molecule has 0 unspecified atom stereocenters. The fourth-order valence-electron chi connectivity index (χ4n) is 3.72. The number of aromatic nitrogens is 2. The van der Waals surface area contributed by atoms with Gasteiger partial charge in [-0.15, -0.1) is 0 Å². The van der Waals surface area contributed by atoms with Crippen LogP contribution in [0.4, 0.5) is 0 Å². The van der Waals surface area contributed by atoms with Crippen LogP contribution in [-0.2, 0) is 6.54 Å². The molecular weight excluding hydrogens is 310 g/mol. The number of nitrogens with zero attached hydrogens (tertiary/aromatic N) is 2. The molecule has 3 aromatic rings. The molecule has 0 bridgehead atoms. The van der Waals surface area contributed by atoms with E-state index in [-0.39, 0.29) is 0 Å². The van der Waals surface area contributed by atoms with Crippen molar-refractivity contribution in [2.45, 2.75) is 38.8 Å². The van der Waals surface area contributed by atoms with Crippen molar-refractivity contribution in [3.05, 3.63) is 83.6 Å². The van der Waals surface area contributed by atoms with E-state index in [4.69, 9.17) is 9.52 Å². The molecule has 0 saturated heterocycles. The van der Waals surface area contributed by atoms with Gasteiger partial charge in [0.1, 0.15) is 5.76 Å². The number of hydrogen-bond acceptors (Lipinski definition) is 3. The van der Waals surface area contributed by atoms with Crippen LogP contribution in [0.25, 0.3) is 5.69 Å². The molecule has 1 aliphatic rings. The van der Waals surface area contributed by atoms with Gasteiger partial charge in [0.15, 0.2) is 0 Å². The lowest BCUT2D eigenvalue weighted by Gasteiger charge is -2.14. The summed E-state index contributed by atoms with van der Waals surface area (Å²) in [5, 5.41) is 8.34. The Hall–Kier alpha value is -2.59. The Kier molecular flexibility index (Phi) is 4.28. The molecule has 2 aromatic heterocycles. The highest BCUT2D eigenvalue weighted by molar-refractivity contribution is 5.41. The molecule has 2 atom stereocenters. The first kappa shape index (κ1) is 15.9. The molecular formula is C21H23N3O. The van der Waals surface area contributed by atoms with Crippen molar-refractivity contribution in [1.82, 2.24) is 15.1 Å². The molecule has 1 aromatic carbocycles. The van der Waals surface area contributed by atoms with Gasteiger partial charge in [0.25, 0.3) is 0 Å². The average Bonchev–Trinajstić information content (AvgIpc) is 3.35. The predicted octanol–water partition coefficient (Wildman–Crippen LogP) is 4.28. The summed E-state index contributed by atoms with van der Waals surface area (Å²) in [6.07, 6.45) is 7.36. The fourth-order valence-corrected chi connectivity index (χ4v) is 3.72. The Morgan fingerprint density at radius 1 is 1.12 bits per heavy atom. The summed E-state index contributed by atoms with van der Waals surface area (Å²) < 4.78 is 7.45. The van der Waals surface area contributed by atoms with E-state index in [1.807, 2.05) is 18.2 Å². The summed E-state index contributed by atoms with van der Waals surface area (Å²) >= 11 is 0. The molecule has 0 spiro atoms. The first-order chi connectivity index (χ1) is 12.2. The zero-order valence-corrected chi connectivity index (χ0v) is 14.6. The molecule has 1 aliphatic carbocycles. The largest absolute Gasteiger partial charge is 0.468 e. The molecule has 128 valence electrons. The SMILES string of the molecule is Cc1nn(-c2ccccc2)c(C)c1[C@H]1C=C[C@@H](NCc2ccco2)C1. The molecule has 4 heteroatoms. The highest BCUT2D eigenvalue weighted by atomic mass is 16.3. The normalized spacial score (nSPS) is 19.6. The van der Waals surface area contributed by atoms with Crippen LogP contribution in [-0.4, -0.2) is 15.8 Å². The minimum absolute atomic E-state index is 0.369. The molecule has 4 rings (SSSR count). The molecule has 0 saturated carbocycles. The molecule has 0 fully saturated rings. The third-order valence-electron chi connectivity index (χ3n) is 4.92. The Bertz CT molecular complexity index is 862. The van der Waals surface area contributed by atoms with E-state index in [9.17, 15) is 0 Å². The van der Waals surface area contributed by atoms with Crippen LogP contribution in [0.15, 0.2) is 65.3 Å². The Morgan fingerprint density at radius 3 is 2.72 bits per heavy atom. The van der Waals surface area contributed by atoms with E-state index in [1.54, 1.807) is 6.26 Å². The molecule has 0 aliphatic heterocycles. The zero-order valence-electron chi connectivity index (χ0n) is 14.6. The van der Waals surface area contributed by atoms with Crippen LogP contribution in [0.2, 0.25) is 0 Å². The van der Waals surface area contributed by atoms with Gasteiger partial charge >= 0.3 is 0 Å². The van der Waals surface area contributed by atoms with Gasteiger partial charge in [0.05, 0.1) is 24.2 Å². The van der Waals surface area contributed by atoms with Crippen molar-refractivity contribution < 1.29 is 4.42 Å². The first-order valence-electron chi connectivity index (χ1n) is 8.78. The van der Waals surface area contributed by atoms with Crippen LogP contribution >= 0.6 is 0 Å². The highest BCUT2D eigenvalue weighted by Gasteiger charge is 2.26. The lowest BCUT2D eigenvalue weighted by molar-refractivity contribution is 0.461. The second-order valence-corrected chi connectivity index (χ2v) is 6.63. The van der Waals surface area contributed by atoms with Gasteiger partial charge in [0, 0.05) is 23.2 Å². The molecule has 4 nitrogen and oxygen atoms in total. The molecule has 0 amide bonds. The lowest BCUT2D eigenvalue weighted by atomic mass is 9.96. The number of para-hydroxylation sites is 1. The quantitative estimate of drug-likeness (QED) is 0.709. The lowest BCUT2D eigenvalue weighted by Crippen LogP contribution is -2.25. The van der Waals surface area contributed by atoms with E-state index >= 15 is 0 Å². The van der Waals surface area contributed by atoms with Crippen LogP contribution in [0, 0.1) is 13.8 Å². The standard InChI is InChI=1S/C21H23N3O/c1-15-21(16(2)24(23-15)19-7-4-3-5-8-19)17-10-11-18(13-17)22-14-20-9-6-12-25-20/h3-12,17-18,22H,13-14H2,1-2H3/t17-,18+/m0/s1. The summed E-state index contributed by atoms with van der Waals surface area (Å²) in [6.45, 7) is 5.04. The highest BCUT2D eigenvalue weighted by Crippen LogP contribution is 2.33. The van der Waals surface area contributed by atoms with E-state index < -0.39 is 0 Å². The van der Waals surface area contributed by atoms with Crippen LogP contribution in [0.5, 0.6) is 0 Å². The monoisotopic (exact) mass is 333 g/mol. The molecule has 2 heterocycles. The third-order valence-corrected chi connectivity index (χ3v) is 4.92. The molecule has 25 heavy (non-hydrogen) atoms. The van der Waals surface area contributed by atoms with Gasteiger partial charge < -0.3 is 9.73 Å². The van der Waals surface area contributed by atoms with Crippen LogP contribution in [0.1, 0.15) is 35.1 Å². The number of aryl methyl sites for hydroxylation is 1. The van der Waals surface area contributed by atoms with Gasteiger partial charge in [-0.25, -0.2) is 4.68 Å². The summed E-state index contributed by atoms with van der Waals surface area (Å²) in [5.74, 6) is 1.38. The summed E-state index contributed by atoms with van der Waals surface area (Å²) in [6, 6.07) is 14.6. The summed E-state index contributed by atoms with van der Waals surface area (Å²) in [7, 11) is 0. The van der Waals surface area contributed by atoms with Crippen molar-refractivity contribution >= 4 is 0 Å². The zero-order chi connectivity index (χ0) is 17.2. The number of rotatable bonds is 5. The van der Waals surface area contributed by atoms with Gasteiger partial charge in [0.2, 0.25) is 0 Å². The smallest absolute Gasteiger partial charge is 0.117 e. The number of hydrogen-bond donors (Lipinski definition) is 1. The second kappa shape index (κ2) is 6.73. The van der Waals surface area contributed by atoms with E-state index in [0.717, 1.165) is 30.1 Å². The summed E-state index contributed by atoms with van der Waals surface area (Å²) in [5.41, 5.74) is 4.80. The second-order valence-electron chi connectivity index (χ2n) is 6.63. The van der Waals surface area contributed by atoms with Crippen molar-refractivity contribution in [2.24, 2.45) is 0 Å². The topological polar surface area (TPSA) is 43.0 Å². The van der Waals surface area contributed by atoms with E-state index in [1.165, 1.54) is 11.3 Å². The summed E-state index contributed by atoms with van der Waals surface area (Å²) in [4.78, 5) is 0. The Morgan fingerprint density at radius 2 is 1.96 bits per heavy atom. The van der Waals surface area contributed by atoms with Gasteiger partial charge in [-0.05, 0) is 44.5 Å². The maximum Gasteiger partial charge on any atom is 0.117 e. The number of furan rings is 1. The number of allylic oxidation sites excluding steroid dienone is 1. The van der Waals surface area contributed by atoms with Crippen molar-refractivity contribution in [2.75, 3.05) is 0 Å². The van der Waals surface area contributed by atoms with Crippen molar-refractivity contribution in [3.8, 4) is 5.69 Å². The van der Waals surface area contributed by atoms with Crippen molar-refractivity contribution in [1.29, 1.82) is 0 Å². The fraction of sp³-hybridized carbons (Fsp3) is 0.286. The molecule has 1 N–H and O–H groups in total. The van der Waals surface area contributed by atoms with Crippen molar-refractivity contribution in [3.63, 3.8) is 0 Å². The maximum atomic E-state index is 5.40. The molecule has 0 radical (unpaired) electrons. The Balaban J connectivity index is 1.49. The third kappa shape index (κ3) is 3.17. The average molecular weight is 333 g/mol.